The number of amides is 1. The van der Waals surface area contributed by atoms with Gasteiger partial charge in [0.05, 0.1) is 18.6 Å². The first-order valence-electron chi connectivity index (χ1n) is 5.25. The van der Waals surface area contributed by atoms with Crippen molar-refractivity contribution < 1.29 is 14.3 Å². The minimum atomic E-state index is -0.201. The smallest absolute Gasteiger partial charge is 0.222 e. The van der Waals surface area contributed by atoms with E-state index in [9.17, 15) is 4.79 Å². The molecule has 0 spiro atoms. The average molecular weight is 218 g/mol. The van der Waals surface area contributed by atoms with Crippen molar-refractivity contribution in [1.82, 2.24) is 5.32 Å². The molecule has 0 bridgehead atoms. The molecular weight excluding hydrogens is 196 g/mol. The zero-order chi connectivity index (χ0) is 11.7. The van der Waals surface area contributed by atoms with Gasteiger partial charge in [0.25, 0.3) is 0 Å². The maximum absolute atomic E-state index is 11.4. The first-order valence-corrected chi connectivity index (χ1v) is 5.25. The first-order chi connectivity index (χ1) is 7.13. The van der Waals surface area contributed by atoms with Gasteiger partial charge in [0.1, 0.15) is 0 Å². The van der Waals surface area contributed by atoms with Crippen LogP contribution in [0.4, 0.5) is 0 Å². The number of carbonyl (C=O) groups excluding carboxylic acids is 1. The number of nitrogens with one attached hydrogen (secondary N) is 1. The van der Waals surface area contributed by atoms with E-state index in [0.717, 1.165) is 0 Å². The van der Waals surface area contributed by atoms with Gasteiger partial charge in [-0.05, 0) is 13.8 Å². The van der Waals surface area contributed by atoms with Gasteiger partial charge in [0, 0.05) is 26.8 Å². The molecule has 0 aliphatic heterocycles. The Bertz CT molecular complexity index is 172. The summed E-state index contributed by atoms with van der Waals surface area (Å²) in [5, 5.41) is 2.77. The van der Waals surface area contributed by atoms with E-state index in [2.05, 4.69) is 5.32 Å². The van der Waals surface area contributed by atoms with E-state index in [-0.39, 0.29) is 18.1 Å². The molecular formula is C10H22N2O3. The summed E-state index contributed by atoms with van der Waals surface area (Å²) in [4.78, 5) is 11.4. The Morgan fingerprint density at radius 3 is 2.67 bits per heavy atom. The fraction of sp³-hybridized carbons (Fsp3) is 0.900. The number of ether oxygens (including phenoxy) is 2. The molecule has 3 N–H and O–H groups in total. The molecule has 5 nitrogen and oxygen atoms in total. The van der Waals surface area contributed by atoms with E-state index < -0.39 is 0 Å². The SMILES string of the molecule is CCOC(C)CNC(=O)CC(CN)OC. The van der Waals surface area contributed by atoms with E-state index in [1.54, 1.807) is 7.11 Å². The molecule has 15 heavy (non-hydrogen) atoms. The number of carbonyl (C=O) groups is 1. The third kappa shape index (κ3) is 7.30. The monoisotopic (exact) mass is 218 g/mol. The van der Waals surface area contributed by atoms with E-state index >= 15 is 0 Å². The molecule has 0 aromatic heterocycles. The Balaban J connectivity index is 3.64. The third-order valence-electron chi connectivity index (χ3n) is 2.05. The Labute approximate surface area is 91.3 Å². The van der Waals surface area contributed by atoms with Gasteiger partial charge in [-0.2, -0.15) is 0 Å². The van der Waals surface area contributed by atoms with E-state index in [1.165, 1.54) is 0 Å². The van der Waals surface area contributed by atoms with Crippen LogP contribution in [0.3, 0.4) is 0 Å². The summed E-state index contributed by atoms with van der Waals surface area (Å²) in [6, 6.07) is 0. The fourth-order valence-corrected chi connectivity index (χ4v) is 1.14. The van der Waals surface area contributed by atoms with Crippen molar-refractivity contribution in [3.63, 3.8) is 0 Å². The lowest BCUT2D eigenvalue weighted by atomic mass is 10.2. The van der Waals surface area contributed by atoms with Crippen molar-refractivity contribution >= 4 is 5.91 Å². The van der Waals surface area contributed by atoms with Crippen LogP contribution in [0.25, 0.3) is 0 Å². The normalized spacial score (nSPS) is 14.7. The van der Waals surface area contributed by atoms with E-state index in [4.69, 9.17) is 15.2 Å². The maximum Gasteiger partial charge on any atom is 0.222 e. The molecule has 0 aromatic rings. The summed E-state index contributed by atoms with van der Waals surface area (Å²) in [7, 11) is 1.55. The third-order valence-corrected chi connectivity index (χ3v) is 2.05. The molecule has 2 unspecified atom stereocenters. The Hall–Kier alpha value is -0.650. The number of hydrogen-bond donors (Lipinski definition) is 2. The van der Waals surface area contributed by atoms with Crippen LogP contribution in [0.15, 0.2) is 0 Å². The van der Waals surface area contributed by atoms with Gasteiger partial charge in [-0.3, -0.25) is 4.79 Å². The highest BCUT2D eigenvalue weighted by Crippen LogP contribution is 1.95. The predicted molar refractivity (Wildman–Crippen MR) is 58.6 cm³/mol. The van der Waals surface area contributed by atoms with Crippen molar-refractivity contribution in [3.8, 4) is 0 Å². The lowest BCUT2D eigenvalue weighted by Crippen LogP contribution is -2.36. The summed E-state index contributed by atoms with van der Waals surface area (Å²) in [5.74, 6) is -0.0566. The fourth-order valence-electron chi connectivity index (χ4n) is 1.14. The lowest BCUT2D eigenvalue weighted by molar-refractivity contribution is -0.124. The largest absolute Gasteiger partial charge is 0.380 e. The predicted octanol–water partition coefficient (Wildman–Crippen LogP) is -0.109. The molecule has 1 amide bonds. The molecule has 5 heteroatoms. The van der Waals surface area contributed by atoms with Crippen LogP contribution in [0.1, 0.15) is 20.3 Å². The van der Waals surface area contributed by atoms with Gasteiger partial charge < -0.3 is 20.5 Å². The van der Waals surface area contributed by atoms with E-state index in [1.807, 2.05) is 13.8 Å². The standard InChI is InChI=1S/C10H22N2O3/c1-4-15-8(2)7-12-10(13)5-9(6-11)14-3/h8-9H,4-7,11H2,1-3H3,(H,12,13). The second-order valence-corrected chi connectivity index (χ2v) is 3.37. The van der Waals surface area contributed by atoms with Gasteiger partial charge in [0.2, 0.25) is 5.91 Å². The number of methoxy groups -OCH3 is 1. The van der Waals surface area contributed by atoms with Crippen LogP contribution in [0.2, 0.25) is 0 Å². The molecule has 0 radical (unpaired) electrons. The minimum Gasteiger partial charge on any atom is -0.380 e. The number of nitrogens with two attached hydrogens (primary N) is 1. The highest BCUT2D eigenvalue weighted by Gasteiger charge is 2.11. The highest BCUT2D eigenvalue weighted by atomic mass is 16.5. The van der Waals surface area contributed by atoms with Crippen LogP contribution in [0, 0.1) is 0 Å². The molecule has 0 aliphatic rings. The summed E-state index contributed by atoms with van der Waals surface area (Å²) in [6.07, 6.45) is 0.136. The van der Waals surface area contributed by atoms with Gasteiger partial charge >= 0.3 is 0 Å². The summed E-state index contributed by atoms with van der Waals surface area (Å²) >= 11 is 0. The molecule has 0 saturated heterocycles. The van der Waals surface area contributed by atoms with Crippen LogP contribution >= 0.6 is 0 Å². The van der Waals surface area contributed by atoms with Crippen molar-refractivity contribution in [2.24, 2.45) is 5.73 Å². The Morgan fingerprint density at radius 2 is 2.20 bits per heavy atom. The van der Waals surface area contributed by atoms with Crippen molar-refractivity contribution in [1.29, 1.82) is 0 Å². The summed E-state index contributed by atoms with van der Waals surface area (Å²) in [5.41, 5.74) is 5.41. The molecule has 0 heterocycles. The maximum atomic E-state index is 11.4. The summed E-state index contributed by atoms with van der Waals surface area (Å²) in [6.45, 7) is 5.37. The van der Waals surface area contributed by atoms with Crippen LogP contribution in [0.5, 0.6) is 0 Å². The van der Waals surface area contributed by atoms with Gasteiger partial charge in [-0.1, -0.05) is 0 Å². The average Bonchev–Trinajstić information content (AvgIpc) is 2.23. The van der Waals surface area contributed by atoms with Gasteiger partial charge in [-0.15, -0.1) is 0 Å². The number of rotatable bonds is 8. The first kappa shape index (κ1) is 14.3. The topological polar surface area (TPSA) is 73.6 Å². The van der Waals surface area contributed by atoms with Crippen LogP contribution in [-0.2, 0) is 14.3 Å². The molecule has 0 saturated carbocycles. The van der Waals surface area contributed by atoms with Gasteiger partial charge in [0.15, 0.2) is 0 Å². The van der Waals surface area contributed by atoms with E-state index in [0.29, 0.717) is 26.1 Å². The van der Waals surface area contributed by atoms with Crippen LogP contribution < -0.4 is 11.1 Å². The van der Waals surface area contributed by atoms with Crippen LogP contribution in [-0.4, -0.2) is 44.9 Å². The molecule has 0 aliphatic carbocycles. The zero-order valence-corrected chi connectivity index (χ0v) is 9.79. The number of hydrogen-bond acceptors (Lipinski definition) is 4. The molecule has 0 fully saturated rings. The second kappa shape index (κ2) is 8.64. The lowest BCUT2D eigenvalue weighted by Gasteiger charge is -2.15. The molecule has 0 rings (SSSR count). The molecule has 2 atom stereocenters. The second-order valence-electron chi connectivity index (χ2n) is 3.37. The Morgan fingerprint density at radius 1 is 1.53 bits per heavy atom. The zero-order valence-electron chi connectivity index (χ0n) is 9.79. The van der Waals surface area contributed by atoms with Crippen molar-refractivity contribution in [3.05, 3.63) is 0 Å². The summed E-state index contributed by atoms with van der Waals surface area (Å²) < 4.78 is 10.3. The Kier molecular flexibility index (Phi) is 8.27. The molecule has 0 aromatic carbocycles. The van der Waals surface area contributed by atoms with Crippen molar-refractivity contribution in [2.75, 3.05) is 26.8 Å². The highest BCUT2D eigenvalue weighted by molar-refractivity contribution is 5.76. The van der Waals surface area contributed by atoms with Crippen molar-refractivity contribution in [2.45, 2.75) is 32.5 Å². The van der Waals surface area contributed by atoms with Gasteiger partial charge in [-0.25, -0.2) is 0 Å². The quantitative estimate of drug-likeness (QED) is 0.596. The molecule has 90 valence electrons. The minimum absolute atomic E-state index is 0.0396.